The topological polar surface area (TPSA) is 98.9 Å². The standard InChI is InChI=1S/C14H14N4O2S/c1-8-5-9(2)17-13(10(8)6-15)16-4-3-12-18-11(7-21-12)14(19)20/h5,7H,3-4H2,1-2H3,(H,16,17)(H,19,20). The maximum atomic E-state index is 10.8. The van der Waals surface area contributed by atoms with Crippen LogP contribution in [0.4, 0.5) is 5.82 Å². The van der Waals surface area contributed by atoms with Gasteiger partial charge in [-0.1, -0.05) is 0 Å². The summed E-state index contributed by atoms with van der Waals surface area (Å²) in [5, 5.41) is 23.4. The number of carboxylic acids is 1. The maximum absolute atomic E-state index is 10.8. The van der Waals surface area contributed by atoms with Crippen molar-refractivity contribution in [3.63, 3.8) is 0 Å². The number of aromatic nitrogens is 2. The second kappa shape index (κ2) is 6.33. The number of aromatic carboxylic acids is 1. The Balaban J connectivity index is 2.03. The largest absolute Gasteiger partial charge is 0.476 e. The summed E-state index contributed by atoms with van der Waals surface area (Å²) in [6.45, 7) is 4.29. The first-order valence-corrected chi connectivity index (χ1v) is 7.19. The molecule has 2 aromatic heterocycles. The Bertz CT molecular complexity index is 718. The summed E-state index contributed by atoms with van der Waals surface area (Å²) in [6.07, 6.45) is 0.581. The van der Waals surface area contributed by atoms with Crippen LogP contribution in [-0.4, -0.2) is 27.6 Å². The average Bonchev–Trinajstić information content (AvgIpc) is 2.87. The molecule has 0 aromatic carbocycles. The van der Waals surface area contributed by atoms with E-state index in [9.17, 15) is 4.79 Å². The highest BCUT2D eigenvalue weighted by Crippen LogP contribution is 2.18. The van der Waals surface area contributed by atoms with E-state index in [0.717, 1.165) is 16.3 Å². The van der Waals surface area contributed by atoms with Crippen molar-refractivity contribution in [1.29, 1.82) is 5.26 Å². The van der Waals surface area contributed by atoms with Crippen LogP contribution in [-0.2, 0) is 6.42 Å². The first-order chi connectivity index (χ1) is 10.0. The minimum Gasteiger partial charge on any atom is -0.476 e. The number of nitriles is 1. The number of aryl methyl sites for hydroxylation is 2. The van der Waals surface area contributed by atoms with Crippen molar-refractivity contribution in [3.05, 3.63) is 39.0 Å². The molecule has 0 saturated heterocycles. The van der Waals surface area contributed by atoms with Gasteiger partial charge >= 0.3 is 5.97 Å². The number of rotatable bonds is 5. The minimum absolute atomic E-state index is 0.0669. The summed E-state index contributed by atoms with van der Waals surface area (Å²) in [7, 11) is 0. The molecule has 0 fully saturated rings. The molecular weight excluding hydrogens is 288 g/mol. The highest BCUT2D eigenvalue weighted by molar-refractivity contribution is 7.09. The lowest BCUT2D eigenvalue weighted by molar-refractivity contribution is 0.0691. The molecule has 0 spiro atoms. The van der Waals surface area contributed by atoms with Crippen molar-refractivity contribution in [2.45, 2.75) is 20.3 Å². The van der Waals surface area contributed by atoms with Crippen molar-refractivity contribution >= 4 is 23.1 Å². The monoisotopic (exact) mass is 302 g/mol. The van der Waals surface area contributed by atoms with E-state index in [4.69, 9.17) is 10.4 Å². The molecule has 0 atom stereocenters. The number of thiazole rings is 1. The van der Waals surface area contributed by atoms with Crippen LogP contribution in [0.25, 0.3) is 0 Å². The number of hydrogen-bond donors (Lipinski definition) is 2. The molecule has 0 amide bonds. The molecule has 0 bridgehead atoms. The number of pyridine rings is 1. The van der Waals surface area contributed by atoms with Gasteiger partial charge in [-0.2, -0.15) is 5.26 Å². The normalized spacial score (nSPS) is 10.1. The summed E-state index contributed by atoms with van der Waals surface area (Å²) in [5.41, 5.74) is 2.33. The lowest BCUT2D eigenvalue weighted by atomic mass is 10.1. The smallest absolute Gasteiger partial charge is 0.355 e. The van der Waals surface area contributed by atoms with Gasteiger partial charge in [0.1, 0.15) is 11.9 Å². The molecule has 0 unspecified atom stereocenters. The zero-order valence-electron chi connectivity index (χ0n) is 11.7. The lowest BCUT2D eigenvalue weighted by Crippen LogP contribution is -2.09. The van der Waals surface area contributed by atoms with Crippen LogP contribution in [0.5, 0.6) is 0 Å². The van der Waals surface area contributed by atoms with Crippen LogP contribution < -0.4 is 5.32 Å². The second-order valence-electron chi connectivity index (χ2n) is 4.52. The molecule has 0 saturated carbocycles. The van der Waals surface area contributed by atoms with Crippen LogP contribution in [0.1, 0.15) is 32.3 Å². The van der Waals surface area contributed by atoms with Gasteiger partial charge in [-0.15, -0.1) is 11.3 Å². The summed E-state index contributed by atoms with van der Waals surface area (Å²) in [4.78, 5) is 19.1. The Hall–Kier alpha value is -2.46. The average molecular weight is 302 g/mol. The van der Waals surface area contributed by atoms with Gasteiger partial charge in [0.05, 0.1) is 10.6 Å². The van der Waals surface area contributed by atoms with E-state index in [1.54, 1.807) is 0 Å². The fraction of sp³-hybridized carbons (Fsp3) is 0.286. The minimum atomic E-state index is -1.02. The first-order valence-electron chi connectivity index (χ1n) is 6.31. The Kier molecular flexibility index (Phi) is 4.50. The maximum Gasteiger partial charge on any atom is 0.355 e. The second-order valence-corrected chi connectivity index (χ2v) is 5.47. The molecule has 2 N–H and O–H groups in total. The number of anilines is 1. The molecule has 2 heterocycles. The lowest BCUT2D eigenvalue weighted by Gasteiger charge is -2.09. The quantitative estimate of drug-likeness (QED) is 0.879. The summed E-state index contributed by atoms with van der Waals surface area (Å²) in [6, 6.07) is 4.01. The molecule has 2 aromatic rings. The number of nitrogens with zero attached hydrogens (tertiary/aromatic N) is 3. The van der Waals surface area contributed by atoms with Crippen LogP contribution >= 0.6 is 11.3 Å². The van der Waals surface area contributed by atoms with E-state index in [0.29, 0.717) is 24.3 Å². The van der Waals surface area contributed by atoms with Gasteiger partial charge in [0.15, 0.2) is 5.69 Å². The predicted octanol–water partition coefficient (Wildman–Crippen LogP) is 2.38. The molecule has 0 radical (unpaired) electrons. The third kappa shape index (κ3) is 3.55. The molecular formula is C14H14N4O2S. The molecule has 2 rings (SSSR count). The predicted molar refractivity (Wildman–Crippen MR) is 79.7 cm³/mol. The Morgan fingerprint density at radius 1 is 1.48 bits per heavy atom. The number of carbonyl (C=O) groups is 1. The molecule has 0 aliphatic rings. The summed E-state index contributed by atoms with van der Waals surface area (Å²) >= 11 is 1.31. The highest BCUT2D eigenvalue weighted by atomic mass is 32.1. The third-order valence-electron chi connectivity index (χ3n) is 2.86. The van der Waals surface area contributed by atoms with Crippen LogP contribution in [0.3, 0.4) is 0 Å². The summed E-state index contributed by atoms with van der Waals surface area (Å²) < 4.78 is 0. The molecule has 0 aliphatic carbocycles. The van der Waals surface area contributed by atoms with Crippen LogP contribution in [0.15, 0.2) is 11.4 Å². The van der Waals surface area contributed by atoms with Crippen molar-refractivity contribution in [1.82, 2.24) is 9.97 Å². The fourth-order valence-corrected chi connectivity index (χ4v) is 2.69. The number of hydrogen-bond acceptors (Lipinski definition) is 6. The van der Waals surface area contributed by atoms with Crippen molar-refractivity contribution in [2.24, 2.45) is 0 Å². The molecule has 0 aliphatic heterocycles. The molecule has 6 nitrogen and oxygen atoms in total. The van der Waals surface area contributed by atoms with Crippen LogP contribution in [0, 0.1) is 25.2 Å². The van der Waals surface area contributed by atoms with Gasteiger partial charge in [-0.25, -0.2) is 14.8 Å². The number of nitrogens with one attached hydrogen (secondary N) is 1. The fourth-order valence-electron chi connectivity index (χ4n) is 1.92. The zero-order valence-corrected chi connectivity index (χ0v) is 12.5. The Morgan fingerprint density at radius 2 is 2.24 bits per heavy atom. The van der Waals surface area contributed by atoms with Gasteiger partial charge in [-0.05, 0) is 25.5 Å². The van der Waals surface area contributed by atoms with Crippen molar-refractivity contribution < 1.29 is 9.90 Å². The van der Waals surface area contributed by atoms with E-state index in [2.05, 4.69) is 21.4 Å². The van der Waals surface area contributed by atoms with Gasteiger partial charge in [0, 0.05) is 24.0 Å². The van der Waals surface area contributed by atoms with Gasteiger partial charge < -0.3 is 10.4 Å². The molecule has 108 valence electrons. The van der Waals surface area contributed by atoms with Gasteiger partial charge in [0.25, 0.3) is 0 Å². The van der Waals surface area contributed by atoms with Crippen molar-refractivity contribution in [3.8, 4) is 6.07 Å². The zero-order chi connectivity index (χ0) is 15.4. The van der Waals surface area contributed by atoms with E-state index >= 15 is 0 Å². The van der Waals surface area contributed by atoms with Gasteiger partial charge in [-0.3, -0.25) is 0 Å². The van der Waals surface area contributed by atoms with Crippen molar-refractivity contribution in [2.75, 3.05) is 11.9 Å². The van der Waals surface area contributed by atoms with E-state index in [1.807, 2.05) is 19.9 Å². The van der Waals surface area contributed by atoms with E-state index in [-0.39, 0.29) is 5.69 Å². The molecule has 21 heavy (non-hydrogen) atoms. The summed E-state index contributed by atoms with van der Waals surface area (Å²) in [5.74, 6) is -0.460. The third-order valence-corrected chi connectivity index (χ3v) is 3.77. The van der Waals surface area contributed by atoms with E-state index < -0.39 is 5.97 Å². The SMILES string of the molecule is Cc1cc(C)c(C#N)c(NCCc2nc(C(=O)O)cs2)n1. The van der Waals surface area contributed by atoms with E-state index in [1.165, 1.54) is 16.7 Å². The van der Waals surface area contributed by atoms with Crippen LogP contribution in [0.2, 0.25) is 0 Å². The number of carboxylic acid groups (broad SMARTS) is 1. The Morgan fingerprint density at radius 3 is 2.86 bits per heavy atom. The molecule has 7 heteroatoms. The highest BCUT2D eigenvalue weighted by Gasteiger charge is 2.10. The first kappa shape index (κ1) is 14.9. The van der Waals surface area contributed by atoms with Gasteiger partial charge in [0.2, 0.25) is 0 Å². The Labute approximate surface area is 126 Å².